The number of carbonyl (C=O) groups is 3. The second-order valence-corrected chi connectivity index (χ2v) is 7.58. The number of ether oxygens (including phenoxy) is 1. The van der Waals surface area contributed by atoms with Crippen molar-refractivity contribution in [2.75, 3.05) is 7.11 Å². The Balaban J connectivity index is 0.00000114. The molecule has 0 spiro atoms. The Morgan fingerprint density at radius 3 is 2.59 bits per heavy atom. The van der Waals surface area contributed by atoms with Crippen molar-refractivity contribution in [2.45, 2.75) is 58.2 Å². The van der Waals surface area contributed by atoms with E-state index in [2.05, 4.69) is 30.6 Å². The highest BCUT2D eigenvalue weighted by Gasteiger charge is 2.35. The molecule has 11 heteroatoms. The first-order valence-corrected chi connectivity index (χ1v) is 10.3. The number of H-pyrrole nitrogens is 1. The van der Waals surface area contributed by atoms with Gasteiger partial charge in [-0.15, -0.1) is 0 Å². The van der Waals surface area contributed by atoms with Crippen LogP contribution in [0.5, 0.6) is 0 Å². The van der Waals surface area contributed by atoms with Gasteiger partial charge in [0.15, 0.2) is 0 Å². The Bertz CT molecular complexity index is 885. The molecule has 2 heterocycles. The molecule has 32 heavy (non-hydrogen) atoms. The van der Waals surface area contributed by atoms with Crippen LogP contribution in [0.15, 0.2) is 18.7 Å². The van der Waals surface area contributed by atoms with Crippen molar-refractivity contribution in [3.05, 3.63) is 41.5 Å². The van der Waals surface area contributed by atoms with Crippen LogP contribution in [0.25, 0.3) is 0 Å². The van der Waals surface area contributed by atoms with Gasteiger partial charge in [-0.1, -0.05) is 0 Å². The van der Waals surface area contributed by atoms with Crippen LogP contribution in [0, 0.1) is 19.8 Å². The van der Waals surface area contributed by atoms with E-state index < -0.39 is 0 Å². The smallest absolute Gasteiger partial charge is 0.290 e. The average Bonchev–Trinajstić information content (AvgIpc) is 3.17. The third-order valence-corrected chi connectivity index (χ3v) is 5.35. The SMILES string of the molecule is CO[C@@H]1CC[C@H](C(=O)NCc2cnc(C)cn2)C[C@H]1NC(=O)Cc1nc[nH]c1C.O=CO. The highest BCUT2D eigenvalue weighted by Crippen LogP contribution is 2.27. The number of aryl methyl sites for hydroxylation is 2. The van der Waals surface area contributed by atoms with Crippen molar-refractivity contribution in [3.8, 4) is 0 Å². The van der Waals surface area contributed by atoms with E-state index in [1.165, 1.54) is 0 Å². The standard InChI is InChI=1S/C20H28N6O3.CH2O2/c1-12-8-22-15(9-21-12)10-23-20(28)14-4-5-18(29-3)17(6-14)26-19(27)7-16-13(2)24-11-25-16;2-1-3/h8-9,11,14,17-18H,4-7,10H2,1-3H3,(H,23,28)(H,24,25)(H,26,27);1H,(H,2,3)/t14-,17+,18+;/m0./s1. The summed E-state index contributed by atoms with van der Waals surface area (Å²) in [5.41, 5.74) is 3.15. The minimum absolute atomic E-state index is 0.0377. The van der Waals surface area contributed by atoms with Crippen LogP contribution in [-0.4, -0.2) is 62.6 Å². The number of rotatable bonds is 7. The number of imidazole rings is 1. The predicted molar refractivity (Wildman–Crippen MR) is 114 cm³/mol. The molecule has 0 unspecified atom stereocenters. The highest BCUT2D eigenvalue weighted by molar-refractivity contribution is 5.80. The summed E-state index contributed by atoms with van der Waals surface area (Å²) in [5.74, 6) is -0.343. The molecule has 1 aliphatic rings. The molecular weight excluding hydrogens is 416 g/mol. The summed E-state index contributed by atoms with van der Waals surface area (Å²) in [6.45, 7) is 3.84. The average molecular weight is 447 g/mol. The molecule has 0 bridgehead atoms. The first kappa shape index (κ1) is 24.9. The molecule has 0 radical (unpaired) electrons. The molecule has 174 valence electrons. The van der Waals surface area contributed by atoms with Gasteiger partial charge in [0.05, 0.1) is 54.7 Å². The number of carbonyl (C=O) groups excluding carboxylic acids is 2. The molecule has 4 N–H and O–H groups in total. The van der Waals surface area contributed by atoms with Gasteiger partial charge in [-0.2, -0.15) is 0 Å². The number of amides is 2. The number of hydrogen-bond acceptors (Lipinski definition) is 7. The van der Waals surface area contributed by atoms with E-state index in [4.69, 9.17) is 14.6 Å². The molecule has 1 aliphatic carbocycles. The molecular formula is C21H30N6O5. The maximum atomic E-state index is 12.6. The molecule has 3 atom stereocenters. The minimum atomic E-state index is -0.250. The normalized spacial score (nSPS) is 19.9. The molecule has 0 aromatic carbocycles. The quantitative estimate of drug-likeness (QED) is 0.452. The fourth-order valence-corrected chi connectivity index (χ4v) is 3.62. The summed E-state index contributed by atoms with van der Waals surface area (Å²) in [4.78, 5) is 49.1. The Hall–Kier alpha value is -3.34. The van der Waals surface area contributed by atoms with Gasteiger partial charge in [0.1, 0.15) is 0 Å². The zero-order chi connectivity index (χ0) is 23.5. The summed E-state index contributed by atoms with van der Waals surface area (Å²) in [7, 11) is 1.64. The Labute approximate surface area is 186 Å². The molecule has 3 rings (SSSR count). The number of aromatic amines is 1. The maximum Gasteiger partial charge on any atom is 0.290 e. The van der Waals surface area contributed by atoms with E-state index in [9.17, 15) is 9.59 Å². The van der Waals surface area contributed by atoms with Crippen LogP contribution in [0.4, 0.5) is 0 Å². The van der Waals surface area contributed by atoms with Crippen molar-refractivity contribution >= 4 is 18.3 Å². The monoisotopic (exact) mass is 446 g/mol. The van der Waals surface area contributed by atoms with Crippen molar-refractivity contribution in [3.63, 3.8) is 0 Å². The molecule has 11 nitrogen and oxygen atoms in total. The fourth-order valence-electron chi connectivity index (χ4n) is 3.62. The molecule has 2 aromatic rings. The molecule has 2 aromatic heterocycles. The van der Waals surface area contributed by atoms with E-state index in [1.54, 1.807) is 25.8 Å². The lowest BCUT2D eigenvalue weighted by Gasteiger charge is -2.35. The van der Waals surface area contributed by atoms with Crippen molar-refractivity contribution in [1.82, 2.24) is 30.6 Å². The predicted octanol–water partition coefficient (Wildman–Crippen LogP) is 0.676. The van der Waals surface area contributed by atoms with Gasteiger partial charge in [0, 0.05) is 24.9 Å². The number of hydrogen-bond donors (Lipinski definition) is 4. The van der Waals surface area contributed by atoms with Gasteiger partial charge >= 0.3 is 0 Å². The lowest BCUT2D eigenvalue weighted by molar-refractivity contribution is -0.129. The van der Waals surface area contributed by atoms with E-state index >= 15 is 0 Å². The second kappa shape index (κ2) is 12.5. The van der Waals surface area contributed by atoms with Crippen molar-refractivity contribution < 1.29 is 24.2 Å². The van der Waals surface area contributed by atoms with Gasteiger partial charge in [-0.25, -0.2) is 4.98 Å². The zero-order valence-electron chi connectivity index (χ0n) is 18.5. The highest BCUT2D eigenvalue weighted by atomic mass is 16.5. The van der Waals surface area contributed by atoms with Gasteiger partial charge in [0.25, 0.3) is 6.47 Å². The summed E-state index contributed by atoms with van der Waals surface area (Å²) in [5, 5.41) is 12.8. The number of carboxylic acid groups (broad SMARTS) is 1. The topological polar surface area (TPSA) is 159 Å². The number of nitrogens with one attached hydrogen (secondary N) is 3. The van der Waals surface area contributed by atoms with Gasteiger partial charge in [-0.3, -0.25) is 24.4 Å². The zero-order valence-corrected chi connectivity index (χ0v) is 18.5. The first-order valence-electron chi connectivity index (χ1n) is 10.3. The summed E-state index contributed by atoms with van der Waals surface area (Å²) in [6, 6.07) is -0.213. The van der Waals surface area contributed by atoms with Crippen LogP contribution in [0.3, 0.4) is 0 Å². The van der Waals surface area contributed by atoms with E-state index in [1.807, 2.05) is 13.8 Å². The summed E-state index contributed by atoms with van der Waals surface area (Å²) < 4.78 is 5.55. The number of aromatic nitrogens is 4. The van der Waals surface area contributed by atoms with E-state index in [0.717, 1.165) is 23.5 Å². The molecule has 2 amide bonds. The summed E-state index contributed by atoms with van der Waals surface area (Å²) in [6.07, 6.45) is 6.98. The third kappa shape index (κ3) is 7.41. The Kier molecular flexibility index (Phi) is 9.74. The molecule has 0 aliphatic heterocycles. The van der Waals surface area contributed by atoms with Crippen LogP contribution in [0.1, 0.15) is 42.0 Å². The Morgan fingerprint density at radius 1 is 1.25 bits per heavy atom. The van der Waals surface area contributed by atoms with Crippen molar-refractivity contribution in [2.24, 2.45) is 5.92 Å². The van der Waals surface area contributed by atoms with Crippen LogP contribution in [-0.2, 0) is 32.1 Å². The second-order valence-electron chi connectivity index (χ2n) is 7.58. The third-order valence-electron chi connectivity index (χ3n) is 5.35. The van der Waals surface area contributed by atoms with Crippen molar-refractivity contribution in [1.29, 1.82) is 0 Å². The largest absolute Gasteiger partial charge is 0.483 e. The van der Waals surface area contributed by atoms with Crippen LogP contribution < -0.4 is 10.6 Å². The number of nitrogens with zero attached hydrogens (tertiary/aromatic N) is 3. The maximum absolute atomic E-state index is 12.6. The Morgan fingerprint density at radius 2 is 2.00 bits per heavy atom. The fraction of sp³-hybridized carbons (Fsp3) is 0.524. The van der Waals surface area contributed by atoms with Gasteiger partial charge in [-0.05, 0) is 33.1 Å². The first-order chi connectivity index (χ1) is 15.4. The van der Waals surface area contributed by atoms with E-state index in [-0.39, 0.29) is 42.8 Å². The van der Waals surface area contributed by atoms with Gasteiger partial charge < -0.3 is 25.5 Å². The minimum Gasteiger partial charge on any atom is -0.483 e. The summed E-state index contributed by atoms with van der Waals surface area (Å²) >= 11 is 0. The number of methoxy groups -OCH3 is 1. The van der Waals surface area contributed by atoms with Gasteiger partial charge in [0.2, 0.25) is 11.8 Å². The molecule has 1 fully saturated rings. The van der Waals surface area contributed by atoms with Crippen LogP contribution in [0.2, 0.25) is 0 Å². The lowest BCUT2D eigenvalue weighted by Crippen LogP contribution is -2.50. The van der Waals surface area contributed by atoms with Crippen LogP contribution >= 0.6 is 0 Å². The lowest BCUT2D eigenvalue weighted by atomic mass is 9.83. The molecule has 1 saturated carbocycles. The molecule has 0 saturated heterocycles. The van der Waals surface area contributed by atoms with E-state index in [0.29, 0.717) is 25.1 Å².